The lowest BCUT2D eigenvalue weighted by Gasteiger charge is -2.11. The van der Waals surface area contributed by atoms with Gasteiger partial charge in [0.2, 0.25) is 17.7 Å². The van der Waals surface area contributed by atoms with Crippen molar-refractivity contribution in [1.29, 1.82) is 0 Å². The fraction of sp³-hybridized carbons (Fsp3) is 0.333. The van der Waals surface area contributed by atoms with Gasteiger partial charge in [0.15, 0.2) is 0 Å². The zero-order valence-electron chi connectivity index (χ0n) is 11.8. The number of fused-ring (bicyclic) bond motifs is 1. The number of benzene rings is 1. The minimum Gasteiger partial charge on any atom is -0.445 e. The number of carbonyl (C=O) groups is 4. The first-order valence-electron chi connectivity index (χ1n) is 6.43. The molecule has 6 heteroatoms. The molecule has 1 aliphatic rings. The van der Waals surface area contributed by atoms with E-state index in [1.165, 1.54) is 25.1 Å². The SMILES string of the molecule is CC(=O)Oc1cccc2c1C(=O)C(OC(=O)C(C)C)C2=O. The van der Waals surface area contributed by atoms with E-state index in [9.17, 15) is 19.2 Å². The van der Waals surface area contributed by atoms with Crippen molar-refractivity contribution in [3.05, 3.63) is 29.3 Å². The van der Waals surface area contributed by atoms with Gasteiger partial charge in [-0.1, -0.05) is 26.0 Å². The predicted molar refractivity (Wildman–Crippen MR) is 71.1 cm³/mol. The molecular formula is C15H14O6. The van der Waals surface area contributed by atoms with Crippen molar-refractivity contribution < 1.29 is 28.7 Å². The third-order valence-electron chi connectivity index (χ3n) is 2.97. The largest absolute Gasteiger partial charge is 0.445 e. The van der Waals surface area contributed by atoms with Crippen molar-refractivity contribution in [3.8, 4) is 5.75 Å². The van der Waals surface area contributed by atoms with Crippen LogP contribution in [0.15, 0.2) is 18.2 Å². The van der Waals surface area contributed by atoms with Crippen LogP contribution in [0.25, 0.3) is 0 Å². The van der Waals surface area contributed by atoms with Gasteiger partial charge >= 0.3 is 11.9 Å². The van der Waals surface area contributed by atoms with E-state index >= 15 is 0 Å². The normalized spacial score (nSPS) is 16.9. The van der Waals surface area contributed by atoms with Crippen molar-refractivity contribution in [1.82, 2.24) is 0 Å². The van der Waals surface area contributed by atoms with Gasteiger partial charge in [-0.05, 0) is 6.07 Å². The second-order valence-corrected chi connectivity index (χ2v) is 4.97. The summed E-state index contributed by atoms with van der Waals surface area (Å²) >= 11 is 0. The number of Topliss-reactive ketones (excluding diaryl/α,β-unsaturated/α-hetero) is 2. The van der Waals surface area contributed by atoms with Crippen molar-refractivity contribution in [2.75, 3.05) is 0 Å². The van der Waals surface area contributed by atoms with E-state index < -0.39 is 35.5 Å². The maximum atomic E-state index is 12.3. The first-order chi connectivity index (χ1) is 9.82. The summed E-state index contributed by atoms with van der Waals surface area (Å²) in [4.78, 5) is 47.1. The molecular weight excluding hydrogens is 276 g/mol. The second-order valence-electron chi connectivity index (χ2n) is 4.97. The van der Waals surface area contributed by atoms with Gasteiger partial charge in [-0.3, -0.25) is 19.2 Å². The summed E-state index contributed by atoms with van der Waals surface area (Å²) in [5.74, 6) is -2.96. The molecule has 1 atom stereocenters. The van der Waals surface area contributed by atoms with E-state index in [0.717, 1.165) is 0 Å². The molecule has 1 aromatic carbocycles. The zero-order chi connectivity index (χ0) is 15.7. The molecule has 21 heavy (non-hydrogen) atoms. The third-order valence-corrected chi connectivity index (χ3v) is 2.97. The highest BCUT2D eigenvalue weighted by molar-refractivity contribution is 6.30. The minimum absolute atomic E-state index is 0.00134. The molecule has 0 heterocycles. The lowest BCUT2D eigenvalue weighted by Crippen LogP contribution is -2.30. The van der Waals surface area contributed by atoms with Gasteiger partial charge < -0.3 is 9.47 Å². The van der Waals surface area contributed by atoms with Crippen LogP contribution in [0.5, 0.6) is 5.75 Å². The summed E-state index contributed by atoms with van der Waals surface area (Å²) in [5.41, 5.74) is 0.0829. The van der Waals surface area contributed by atoms with Crippen LogP contribution in [0.1, 0.15) is 41.5 Å². The molecule has 0 N–H and O–H groups in total. The fourth-order valence-corrected chi connectivity index (χ4v) is 1.98. The van der Waals surface area contributed by atoms with E-state index in [0.29, 0.717) is 0 Å². The Morgan fingerprint density at radius 1 is 1.14 bits per heavy atom. The minimum atomic E-state index is -1.49. The average molecular weight is 290 g/mol. The smallest absolute Gasteiger partial charge is 0.309 e. The molecule has 0 saturated heterocycles. The fourth-order valence-electron chi connectivity index (χ4n) is 1.98. The van der Waals surface area contributed by atoms with Crippen LogP contribution >= 0.6 is 0 Å². The molecule has 0 amide bonds. The molecule has 0 spiro atoms. The predicted octanol–water partition coefficient (Wildman–Crippen LogP) is 1.56. The summed E-state index contributed by atoms with van der Waals surface area (Å²) in [5, 5.41) is 0. The highest BCUT2D eigenvalue weighted by atomic mass is 16.6. The highest BCUT2D eigenvalue weighted by Crippen LogP contribution is 2.32. The molecule has 6 nitrogen and oxygen atoms in total. The lowest BCUT2D eigenvalue weighted by molar-refractivity contribution is -0.148. The van der Waals surface area contributed by atoms with Gasteiger partial charge in [0.05, 0.1) is 11.5 Å². The summed E-state index contributed by atoms with van der Waals surface area (Å²) < 4.78 is 9.89. The number of carbonyl (C=O) groups excluding carboxylic acids is 4. The Bertz CT molecular complexity index is 644. The highest BCUT2D eigenvalue weighted by Gasteiger charge is 2.43. The average Bonchev–Trinajstić information content (AvgIpc) is 2.64. The zero-order valence-corrected chi connectivity index (χ0v) is 11.8. The third kappa shape index (κ3) is 2.69. The summed E-state index contributed by atoms with van der Waals surface area (Å²) in [6, 6.07) is 4.35. The number of hydrogen-bond donors (Lipinski definition) is 0. The maximum Gasteiger partial charge on any atom is 0.309 e. The van der Waals surface area contributed by atoms with Crippen molar-refractivity contribution in [2.24, 2.45) is 5.92 Å². The number of esters is 2. The van der Waals surface area contributed by atoms with Crippen LogP contribution < -0.4 is 4.74 Å². The Kier molecular flexibility index (Phi) is 3.88. The van der Waals surface area contributed by atoms with Crippen LogP contribution in [0.3, 0.4) is 0 Å². The summed E-state index contributed by atoms with van der Waals surface area (Å²) in [6.45, 7) is 4.39. The van der Waals surface area contributed by atoms with E-state index in [1.54, 1.807) is 13.8 Å². The molecule has 1 aliphatic carbocycles. The van der Waals surface area contributed by atoms with Crippen LogP contribution in [0, 0.1) is 5.92 Å². The molecule has 0 aliphatic heterocycles. The van der Waals surface area contributed by atoms with Gasteiger partial charge in [-0.25, -0.2) is 0 Å². The molecule has 2 rings (SSSR count). The lowest BCUT2D eigenvalue weighted by atomic mass is 10.1. The quantitative estimate of drug-likeness (QED) is 0.477. The molecule has 0 radical (unpaired) electrons. The molecule has 0 aromatic heterocycles. The standard InChI is InChI=1S/C15H14O6/c1-7(2)15(19)21-14-12(17)9-5-4-6-10(20-8(3)16)11(9)13(14)18/h4-7,14H,1-3H3. The number of ether oxygens (including phenoxy) is 2. The van der Waals surface area contributed by atoms with Crippen molar-refractivity contribution in [3.63, 3.8) is 0 Å². The summed E-state index contributed by atoms with van der Waals surface area (Å²) in [6.07, 6.45) is -1.49. The number of hydrogen-bond acceptors (Lipinski definition) is 6. The number of ketones is 2. The van der Waals surface area contributed by atoms with Gasteiger partial charge in [0.25, 0.3) is 0 Å². The Hall–Kier alpha value is -2.50. The Balaban J connectivity index is 2.38. The van der Waals surface area contributed by atoms with E-state index in [2.05, 4.69) is 0 Å². The molecule has 1 aromatic rings. The molecule has 110 valence electrons. The van der Waals surface area contributed by atoms with Crippen LogP contribution in [-0.4, -0.2) is 29.6 Å². The molecule has 0 fully saturated rings. The number of rotatable bonds is 3. The molecule has 0 saturated carbocycles. The molecule has 1 unspecified atom stereocenters. The second kappa shape index (κ2) is 5.47. The Morgan fingerprint density at radius 3 is 2.38 bits per heavy atom. The molecule has 0 bridgehead atoms. The van der Waals surface area contributed by atoms with Gasteiger partial charge in [0.1, 0.15) is 5.75 Å². The Labute approximate surface area is 121 Å². The first-order valence-corrected chi connectivity index (χ1v) is 6.43. The maximum absolute atomic E-state index is 12.3. The van der Waals surface area contributed by atoms with Gasteiger partial charge in [-0.2, -0.15) is 0 Å². The van der Waals surface area contributed by atoms with E-state index in [-0.39, 0.29) is 16.9 Å². The summed E-state index contributed by atoms with van der Waals surface area (Å²) in [7, 11) is 0. The van der Waals surface area contributed by atoms with E-state index in [1.807, 2.05) is 0 Å². The van der Waals surface area contributed by atoms with Gasteiger partial charge in [0, 0.05) is 12.5 Å². The van der Waals surface area contributed by atoms with Crippen molar-refractivity contribution >= 4 is 23.5 Å². The van der Waals surface area contributed by atoms with Crippen molar-refractivity contribution in [2.45, 2.75) is 26.9 Å². The van der Waals surface area contributed by atoms with Crippen LogP contribution in [0.4, 0.5) is 0 Å². The van der Waals surface area contributed by atoms with Gasteiger partial charge in [-0.15, -0.1) is 0 Å². The van der Waals surface area contributed by atoms with Crippen LogP contribution in [0.2, 0.25) is 0 Å². The monoisotopic (exact) mass is 290 g/mol. The Morgan fingerprint density at radius 2 is 1.81 bits per heavy atom. The first kappa shape index (κ1) is 14.9. The van der Waals surface area contributed by atoms with Crippen LogP contribution in [-0.2, 0) is 14.3 Å². The van der Waals surface area contributed by atoms with E-state index in [4.69, 9.17) is 9.47 Å². The topological polar surface area (TPSA) is 86.7 Å².